The van der Waals surface area contributed by atoms with Crippen molar-refractivity contribution in [1.82, 2.24) is 9.13 Å². The number of hydrogen-bond acceptors (Lipinski definition) is 0. The molecule has 0 amide bonds. The number of hydrogen-bond donors (Lipinski definition) is 0. The van der Waals surface area contributed by atoms with Crippen molar-refractivity contribution in [3.8, 4) is 0 Å². The average Bonchev–Trinajstić information content (AvgIpc) is 3.41. The van der Waals surface area contributed by atoms with Crippen LogP contribution >= 0.6 is 0 Å². The van der Waals surface area contributed by atoms with Gasteiger partial charge in [0.15, 0.2) is 0 Å². The summed E-state index contributed by atoms with van der Waals surface area (Å²) < 4.78 is 5.07. The van der Waals surface area contributed by atoms with Crippen molar-refractivity contribution in [2.45, 2.75) is 45.2 Å². The van der Waals surface area contributed by atoms with Crippen LogP contribution in [-0.4, -0.2) is 9.13 Å². The van der Waals surface area contributed by atoms with Gasteiger partial charge in [0.05, 0.1) is 6.04 Å². The highest BCUT2D eigenvalue weighted by Gasteiger charge is 2.23. The largest absolute Gasteiger partial charge is 0.341 e. The molecule has 3 aromatic carbocycles. The number of benzene rings is 3. The molecule has 1 atom stereocenters. The molecule has 0 N–H and O–H groups in total. The standard InChI is InChI=1S/C33H30N2/c1-22(2)34-30-14-8-6-12-26(30)28-20-23(16-18-32(28)34)24-17-19-33-29(21-24)27-13-7-9-15-31(27)35(33)25-10-4-3-5-11-25/h3-10,12-15,17,19-22,25H,11,16,18H2,1-2H3. The van der Waals surface area contributed by atoms with Crippen LogP contribution in [0.4, 0.5) is 0 Å². The molecule has 2 aliphatic carbocycles. The van der Waals surface area contributed by atoms with Crippen molar-refractivity contribution in [1.29, 1.82) is 0 Å². The number of para-hydroxylation sites is 2. The van der Waals surface area contributed by atoms with Gasteiger partial charge in [0, 0.05) is 50.0 Å². The third kappa shape index (κ3) is 3.09. The number of rotatable bonds is 3. The Morgan fingerprint density at radius 1 is 0.771 bits per heavy atom. The molecular formula is C33H30N2. The van der Waals surface area contributed by atoms with Crippen molar-refractivity contribution in [2.75, 3.05) is 0 Å². The highest BCUT2D eigenvalue weighted by atomic mass is 15.0. The molecule has 1 unspecified atom stereocenters. The van der Waals surface area contributed by atoms with Gasteiger partial charge in [0.2, 0.25) is 0 Å². The van der Waals surface area contributed by atoms with Gasteiger partial charge in [0.1, 0.15) is 0 Å². The van der Waals surface area contributed by atoms with Crippen LogP contribution in [0.2, 0.25) is 0 Å². The smallest absolute Gasteiger partial charge is 0.0560 e. The van der Waals surface area contributed by atoms with E-state index >= 15 is 0 Å². The molecule has 0 fully saturated rings. The predicted molar refractivity (Wildman–Crippen MR) is 150 cm³/mol. The van der Waals surface area contributed by atoms with E-state index in [0.717, 1.165) is 19.3 Å². The minimum absolute atomic E-state index is 0.367. The Bertz CT molecular complexity index is 1700. The Morgan fingerprint density at radius 2 is 1.54 bits per heavy atom. The molecule has 0 saturated heterocycles. The zero-order valence-corrected chi connectivity index (χ0v) is 20.4. The van der Waals surface area contributed by atoms with Gasteiger partial charge in [-0.25, -0.2) is 0 Å². The summed E-state index contributed by atoms with van der Waals surface area (Å²) >= 11 is 0. The van der Waals surface area contributed by atoms with Gasteiger partial charge in [-0.05, 0) is 74.6 Å². The van der Waals surface area contributed by atoms with Crippen molar-refractivity contribution in [2.24, 2.45) is 0 Å². The van der Waals surface area contributed by atoms with Gasteiger partial charge in [-0.15, -0.1) is 0 Å². The average molecular weight is 455 g/mol. The van der Waals surface area contributed by atoms with Gasteiger partial charge in [0.25, 0.3) is 0 Å². The molecule has 0 spiro atoms. The van der Waals surface area contributed by atoms with Gasteiger partial charge in [-0.3, -0.25) is 0 Å². The molecule has 2 heterocycles. The van der Waals surface area contributed by atoms with Crippen LogP contribution < -0.4 is 0 Å². The zero-order valence-electron chi connectivity index (χ0n) is 20.4. The number of allylic oxidation sites excluding steroid dienone is 5. The van der Waals surface area contributed by atoms with E-state index in [1.54, 1.807) is 0 Å². The molecular weight excluding hydrogens is 424 g/mol. The molecule has 2 nitrogen and oxygen atoms in total. The highest BCUT2D eigenvalue weighted by molar-refractivity contribution is 6.09. The Morgan fingerprint density at radius 3 is 2.34 bits per heavy atom. The van der Waals surface area contributed by atoms with E-state index in [1.807, 2.05) is 0 Å². The highest BCUT2D eigenvalue weighted by Crippen LogP contribution is 2.40. The van der Waals surface area contributed by atoms with Crippen molar-refractivity contribution >= 4 is 44.4 Å². The predicted octanol–water partition coefficient (Wildman–Crippen LogP) is 8.87. The molecule has 2 heteroatoms. The Labute approximate surface area is 206 Å². The molecule has 5 aromatic rings. The van der Waals surface area contributed by atoms with Crippen LogP contribution in [0.5, 0.6) is 0 Å². The molecule has 0 radical (unpaired) electrons. The maximum Gasteiger partial charge on any atom is 0.0560 e. The van der Waals surface area contributed by atoms with Crippen LogP contribution in [-0.2, 0) is 6.42 Å². The SMILES string of the molecule is CC(C)n1c2c(c3ccccc31)C=C(c1ccc3c(c1)c1ccccc1n3C1C=CC=CC1)CC2. The first-order valence-electron chi connectivity index (χ1n) is 12.9. The maximum atomic E-state index is 2.54. The molecule has 0 aliphatic heterocycles. The third-order valence-electron chi connectivity index (χ3n) is 7.89. The topological polar surface area (TPSA) is 9.86 Å². The van der Waals surface area contributed by atoms with Crippen LogP contribution in [0.3, 0.4) is 0 Å². The second-order valence-electron chi connectivity index (χ2n) is 10.2. The lowest BCUT2D eigenvalue weighted by Gasteiger charge is -2.20. The van der Waals surface area contributed by atoms with E-state index in [4.69, 9.17) is 0 Å². The maximum absolute atomic E-state index is 2.54. The third-order valence-corrected chi connectivity index (χ3v) is 7.89. The summed E-state index contributed by atoms with van der Waals surface area (Å²) in [4.78, 5) is 0. The fraction of sp³-hybridized carbons (Fsp3) is 0.212. The Balaban J connectivity index is 1.41. The lowest BCUT2D eigenvalue weighted by atomic mass is 9.90. The van der Waals surface area contributed by atoms with Crippen molar-refractivity contribution in [3.63, 3.8) is 0 Å². The van der Waals surface area contributed by atoms with Crippen LogP contribution in [0.15, 0.2) is 91.0 Å². The lowest BCUT2D eigenvalue weighted by Crippen LogP contribution is -2.08. The summed E-state index contributed by atoms with van der Waals surface area (Å²) in [7, 11) is 0. The Hall–Kier alpha value is -3.78. The fourth-order valence-corrected chi connectivity index (χ4v) is 6.39. The van der Waals surface area contributed by atoms with E-state index in [0.29, 0.717) is 12.1 Å². The molecule has 0 bridgehead atoms. The second-order valence-corrected chi connectivity index (χ2v) is 10.2. The van der Waals surface area contributed by atoms with Crippen molar-refractivity contribution in [3.05, 3.63) is 108 Å². The van der Waals surface area contributed by atoms with E-state index in [-0.39, 0.29) is 0 Å². The molecule has 7 rings (SSSR count). The molecule has 35 heavy (non-hydrogen) atoms. The molecule has 2 aromatic heterocycles. The van der Waals surface area contributed by atoms with Gasteiger partial charge in [-0.1, -0.05) is 66.8 Å². The summed E-state index contributed by atoms with van der Waals surface area (Å²) in [5.41, 5.74) is 9.71. The first kappa shape index (κ1) is 20.6. The van der Waals surface area contributed by atoms with E-state index < -0.39 is 0 Å². The van der Waals surface area contributed by atoms with E-state index in [1.165, 1.54) is 55.1 Å². The molecule has 0 saturated carbocycles. The summed E-state index contributed by atoms with van der Waals surface area (Å²) in [6.45, 7) is 4.60. The van der Waals surface area contributed by atoms with Crippen LogP contribution in [0.25, 0.3) is 44.4 Å². The number of nitrogens with zero attached hydrogens (tertiary/aromatic N) is 2. The van der Waals surface area contributed by atoms with E-state index in [2.05, 4.69) is 120 Å². The first-order valence-corrected chi connectivity index (χ1v) is 12.9. The summed E-state index contributed by atoms with van der Waals surface area (Å²) in [5.74, 6) is 0. The monoisotopic (exact) mass is 454 g/mol. The quantitative estimate of drug-likeness (QED) is 0.258. The van der Waals surface area contributed by atoms with Gasteiger partial charge in [-0.2, -0.15) is 0 Å². The normalized spacial score (nSPS) is 17.6. The first-order chi connectivity index (χ1) is 17.2. The van der Waals surface area contributed by atoms with Gasteiger partial charge < -0.3 is 9.13 Å². The summed E-state index contributed by atoms with van der Waals surface area (Å²) in [6, 6.07) is 25.8. The van der Waals surface area contributed by atoms with Gasteiger partial charge >= 0.3 is 0 Å². The number of fused-ring (bicyclic) bond motifs is 6. The lowest BCUT2D eigenvalue weighted by molar-refractivity contribution is 0.592. The summed E-state index contributed by atoms with van der Waals surface area (Å²) in [6.07, 6.45) is 14.6. The fourth-order valence-electron chi connectivity index (χ4n) is 6.39. The number of aromatic nitrogens is 2. The Kier molecular flexibility index (Phi) is 4.63. The van der Waals surface area contributed by atoms with E-state index in [9.17, 15) is 0 Å². The summed E-state index contributed by atoms with van der Waals surface area (Å²) in [5, 5.41) is 4.08. The second kappa shape index (κ2) is 7.88. The van der Waals surface area contributed by atoms with Crippen LogP contribution in [0, 0.1) is 0 Å². The minimum Gasteiger partial charge on any atom is -0.341 e. The zero-order chi connectivity index (χ0) is 23.5. The van der Waals surface area contributed by atoms with Crippen molar-refractivity contribution < 1.29 is 0 Å². The minimum atomic E-state index is 0.367. The molecule has 172 valence electrons. The van der Waals surface area contributed by atoms with Crippen LogP contribution in [0.1, 0.15) is 55.6 Å². The molecule has 2 aliphatic rings.